The van der Waals surface area contributed by atoms with Crippen molar-refractivity contribution in [3.8, 4) is 0 Å². The minimum Gasteiger partial charge on any atom is -0.444 e. The molecule has 1 aliphatic heterocycles. The maximum absolute atomic E-state index is 12.1. The summed E-state index contributed by atoms with van der Waals surface area (Å²) in [5.74, 6) is -0.0116. The first-order valence-electron chi connectivity index (χ1n) is 6.66. The lowest BCUT2D eigenvalue weighted by molar-refractivity contribution is -0.121. The third-order valence-electron chi connectivity index (χ3n) is 3.76. The fourth-order valence-corrected chi connectivity index (χ4v) is 2.44. The van der Waals surface area contributed by atoms with Crippen LogP contribution in [0.15, 0.2) is 0 Å². The lowest BCUT2D eigenvalue weighted by Gasteiger charge is -2.40. The first kappa shape index (κ1) is 16.0. The SMILES string of the molecule is CC1OCCC1C(C)(C=O)N(C)C(=O)OC(C)(C)C. The van der Waals surface area contributed by atoms with Crippen LogP contribution in [0.25, 0.3) is 0 Å². The number of nitrogens with zero attached hydrogens (tertiary/aromatic N) is 1. The van der Waals surface area contributed by atoms with E-state index in [1.165, 1.54) is 4.90 Å². The first-order valence-corrected chi connectivity index (χ1v) is 6.66. The van der Waals surface area contributed by atoms with Crippen LogP contribution in [0.4, 0.5) is 4.79 Å². The molecule has 3 unspecified atom stereocenters. The Kier molecular flexibility index (Phi) is 4.61. The Morgan fingerprint density at radius 1 is 1.37 bits per heavy atom. The van der Waals surface area contributed by atoms with Gasteiger partial charge in [-0.2, -0.15) is 0 Å². The third kappa shape index (κ3) is 3.47. The molecule has 5 nitrogen and oxygen atoms in total. The third-order valence-corrected chi connectivity index (χ3v) is 3.76. The van der Waals surface area contributed by atoms with Gasteiger partial charge in [0.15, 0.2) is 0 Å². The Hall–Kier alpha value is -1.10. The largest absolute Gasteiger partial charge is 0.444 e. The second-order valence-corrected chi connectivity index (χ2v) is 6.35. The van der Waals surface area contributed by atoms with Crippen LogP contribution in [0.5, 0.6) is 0 Å². The molecule has 0 aromatic carbocycles. The highest BCUT2D eigenvalue weighted by Gasteiger charge is 2.46. The number of carbonyl (C=O) groups excluding carboxylic acids is 2. The lowest BCUT2D eigenvalue weighted by Crippen LogP contribution is -2.56. The molecule has 0 radical (unpaired) electrons. The molecule has 0 saturated carbocycles. The summed E-state index contributed by atoms with van der Waals surface area (Å²) in [6, 6.07) is 0. The average Bonchev–Trinajstić information content (AvgIpc) is 2.71. The van der Waals surface area contributed by atoms with Crippen molar-refractivity contribution in [3.63, 3.8) is 0 Å². The fourth-order valence-electron chi connectivity index (χ4n) is 2.44. The van der Waals surface area contributed by atoms with E-state index >= 15 is 0 Å². The molecule has 1 aliphatic rings. The lowest BCUT2D eigenvalue weighted by atomic mass is 9.81. The van der Waals surface area contributed by atoms with Crippen molar-refractivity contribution in [1.82, 2.24) is 4.90 Å². The first-order chi connectivity index (χ1) is 8.62. The Morgan fingerprint density at radius 2 is 1.95 bits per heavy atom. The van der Waals surface area contributed by atoms with E-state index in [9.17, 15) is 9.59 Å². The van der Waals surface area contributed by atoms with Crippen LogP contribution in [0.1, 0.15) is 41.0 Å². The molecule has 1 amide bonds. The van der Waals surface area contributed by atoms with Crippen molar-refractivity contribution < 1.29 is 19.1 Å². The summed E-state index contributed by atoms with van der Waals surface area (Å²) < 4.78 is 10.8. The van der Waals surface area contributed by atoms with Gasteiger partial charge in [-0.15, -0.1) is 0 Å². The van der Waals surface area contributed by atoms with Crippen molar-refractivity contribution in [1.29, 1.82) is 0 Å². The molecule has 19 heavy (non-hydrogen) atoms. The van der Waals surface area contributed by atoms with Crippen LogP contribution in [0.3, 0.4) is 0 Å². The summed E-state index contributed by atoms with van der Waals surface area (Å²) in [4.78, 5) is 25.1. The molecule has 110 valence electrons. The van der Waals surface area contributed by atoms with Gasteiger partial charge < -0.3 is 14.3 Å². The number of amides is 1. The summed E-state index contributed by atoms with van der Waals surface area (Å²) in [5.41, 5.74) is -1.48. The van der Waals surface area contributed by atoms with Gasteiger partial charge in [0.2, 0.25) is 0 Å². The number of likely N-dealkylation sites (N-methyl/N-ethyl adjacent to an activating group) is 1. The molecule has 1 rings (SSSR count). The average molecular weight is 271 g/mol. The van der Waals surface area contributed by atoms with E-state index in [0.717, 1.165) is 12.7 Å². The van der Waals surface area contributed by atoms with E-state index in [4.69, 9.17) is 9.47 Å². The molecule has 0 bridgehead atoms. The zero-order valence-electron chi connectivity index (χ0n) is 12.7. The maximum Gasteiger partial charge on any atom is 0.410 e. The van der Waals surface area contributed by atoms with Crippen LogP contribution < -0.4 is 0 Å². The quantitative estimate of drug-likeness (QED) is 0.739. The Labute approximate surface area is 115 Å². The van der Waals surface area contributed by atoms with Crippen molar-refractivity contribution in [2.24, 2.45) is 5.92 Å². The molecular weight excluding hydrogens is 246 g/mol. The zero-order chi connectivity index (χ0) is 14.8. The van der Waals surface area contributed by atoms with Crippen molar-refractivity contribution >= 4 is 12.4 Å². The number of aldehydes is 1. The molecule has 0 spiro atoms. The van der Waals surface area contributed by atoms with Gasteiger partial charge in [0, 0.05) is 19.6 Å². The fraction of sp³-hybridized carbons (Fsp3) is 0.857. The Balaban J connectivity index is 2.89. The van der Waals surface area contributed by atoms with Gasteiger partial charge in [-0.1, -0.05) is 0 Å². The second-order valence-electron chi connectivity index (χ2n) is 6.35. The highest BCUT2D eigenvalue weighted by Crippen LogP contribution is 2.34. The molecule has 1 fully saturated rings. The summed E-state index contributed by atoms with van der Waals surface area (Å²) in [5, 5.41) is 0. The van der Waals surface area contributed by atoms with E-state index in [1.807, 2.05) is 6.92 Å². The van der Waals surface area contributed by atoms with Gasteiger partial charge in [-0.25, -0.2) is 4.79 Å². The van der Waals surface area contributed by atoms with E-state index < -0.39 is 17.2 Å². The monoisotopic (exact) mass is 271 g/mol. The summed E-state index contributed by atoms with van der Waals surface area (Å²) in [6.07, 6.45) is 1.07. The van der Waals surface area contributed by atoms with Gasteiger partial charge in [0.25, 0.3) is 0 Å². The molecule has 0 aromatic heterocycles. The van der Waals surface area contributed by atoms with Gasteiger partial charge in [-0.3, -0.25) is 4.90 Å². The van der Waals surface area contributed by atoms with Crippen molar-refractivity contribution in [2.45, 2.75) is 58.3 Å². The zero-order valence-corrected chi connectivity index (χ0v) is 12.7. The van der Waals surface area contributed by atoms with E-state index in [1.54, 1.807) is 34.7 Å². The van der Waals surface area contributed by atoms with Crippen molar-refractivity contribution in [3.05, 3.63) is 0 Å². The predicted octanol–water partition coefficient (Wildman–Crippen LogP) is 2.24. The molecule has 3 atom stereocenters. The van der Waals surface area contributed by atoms with Crippen LogP contribution in [-0.4, -0.2) is 48.2 Å². The predicted molar refractivity (Wildman–Crippen MR) is 72.0 cm³/mol. The normalized spacial score (nSPS) is 26.6. The van der Waals surface area contributed by atoms with Gasteiger partial charge >= 0.3 is 6.09 Å². The molecule has 5 heteroatoms. The summed E-state index contributed by atoms with van der Waals surface area (Å²) in [7, 11) is 1.60. The number of hydrogen-bond acceptors (Lipinski definition) is 4. The van der Waals surface area contributed by atoms with E-state index in [-0.39, 0.29) is 12.0 Å². The van der Waals surface area contributed by atoms with Gasteiger partial charge in [0.1, 0.15) is 17.4 Å². The molecule has 0 aromatic rings. The Bertz CT molecular complexity index is 350. The molecule has 0 N–H and O–H groups in total. The number of hydrogen-bond donors (Lipinski definition) is 0. The number of ether oxygens (including phenoxy) is 2. The highest BCUT2D eigenvalue weighted by molar-refractivity contribution is 5.76. The van der Waals surface area contributed by atoms with E-state index in [2.05, 4.69) is 0 Å². The van der Waals surface area contributed by atoms with Gasteiger partial charge in [-0.05, 0) is 41.0 Å². The second kappa shape index (κ2) is 5.49. The van der Waals surface area contributed by atoms with Crippen molar-refractivity contribution in [2.75, 3.05) is 13.7 Å². The summed E-state index contributed by atoms with van der Waals surface area (Å²) >= 11 is 0. The van der Waals surface area contributed by atoms with Crippen LogP contribution >= 0.6 is 0 Å². The highest BCUT2D eigenvalue weighted by atomic mass is 16.6. The maximum atomic E-state index is 12.1. The van der Waals surface area contributed by atoms with Crippen LogP contribution in [0, 0.1) is 5.92 Å². The Morgan fingerprint density at radius 3 is 2.32 bits per heavy atom. The molecule has 1 heterocycles. The minimum atomic E-state index is -0.905. The number of carbonyl (C=O) groups is 2. The van der Waals surface area contributed by atoms with Crippen LogP contribution in [-0.2, 0) is 14.3 Å². The molecule has 0 aliphatic carbocycles. The van der Waals surface area contributed by atoms with E-state index in [0.29, 0.717) is 6.61 Å². The topological polar surface area (TPSA) is 55.8 Å². The van der Waals surface area contributed by atoms with Crippen LogP contribution in [0.2, 0.25) is 0 Å². The minimum absolute atomic E-state index is 0.0116. The molecular formula is C14H25NO4. The smallest absolute Gasteiger partial charge is 0.410 e. The molecule has 1 saturated heterocycles. The standard InChI is InChI=1S/C14H25NO4/c1-10-11(7-8-18-10)14(5,9-16)15(6)12(17)19-13(2,3)4/h9-11H,7-8H2,1-6H3. The number of rotatable bonds is 3. The van der Waals surface area contributed by atoms with Gasteiger partial charge in [0.05, 0.1) is 6.10 Å². The summed E-state index contributed by atoms with van der Waals surface area (Å²) in [6.45, 7) is 9.73.